The van der Waals surface area contributed by atoms with Crippen LogP contribution < -0.4 is 4.74 Å². The van der Waals surface area contributed by atoms with Gasteiger partial charge < -0.3 is 9.84 Å². The first kappa shape index (κ1) is 14.6. The van der Waals surface area contributed by atoms with Gasteiger partial charge in [0.25, 0.3) is 0 Å². The van der Waals surface area contributed by atoms with E-state index in [1.807, 2.05) is 0 Å². The predicted octanol–water partition coefficient (Wildman–Crippen LogP) is 3.13. The van der Waals surface area contributed by atoms with Crippen LogP contribution in [0.4, 0.5) is 4.39 Å². The molecule has 104 valence electrons. The molecule has 20 heavy (non-hydrogen) atoms. The van der Waals surface area contributed by atoms with Gasteiger partial charge in [-0.15, -0.1) is 11.3 Å². The number of benzene rings is 1. The molecular weight excluding hydrogens is 305 g/mol. The molecule has 0 bridgehead atoms. The number of carbonyl (C=O) groups excluding carboxylic acids is 1. The number of aliphatic hydroxyl groups is 1. The lowest BCUT2D eigenvalue weighted by atomic mass is 10.2. The number of thiazole rings is 1. The molecule has 1 aromatic heterocycles. The monoisotopic (exact) mass is 313 g/mol. The Morgan fingerprint density at radius 2 is 2.30 bits per heavy atom. The number of hydrogen-bond acceptors (Lipinski definition) is 5. The van der Waals surface area contributed by atoms with Gasteiger partial charge in [0.2, 0.25) is 0 Å². The van der Waals surface area contributed by atoms with Gasteiger partial charge >= 0.3 is 5.97 Å². The molecule has 1 aromatic carbocycles. The van der Waals surface area contributed by atoms with Gasteiger partial charge in [-0.05, 0) is 12.1 Å². The quantitative estimate of drug-likeness (QED) is 0.535. The molecule has 4 nitrogen and oxygen atoms in total. The van der Waals surface area contributed by atoms with E-state index in [0.717, 1.165) is 6.07 Å². The molecule has 1 N–H and O–H groups in total. The van der Waals surface area contributed by atoms with E-state index in [2.05, 4.69) is 11.6 Å². The second kappa shape index (κ2) is 6.13. The van der Waals surface area contributed by atoms with E-state index in [1.165, 1.54) is 29.7 Å². The molecule has 7 heteroatoms. The summed E-state index contributed by atoms with van der Waals surface area (Å²) in [5, 5.41) is 11.8. The summed E-state index contributed by atoms with van der Waals surface area (Å²) in [4.78, 5) is 15.7. The number of esters is 1. The summed E-state index contributed by atoms with van der Waals surface area (Å²) < 4.78 is 18.1. The van der Waals surface area contributed by atoms with Crippen molar-refractivity contribution in [2.24, 2.45) is 0 Å². The molecule has 2 rings (SSSR count). The second-order valence-electron chi connectivity index (χ2n) is 3.76. The number of ether oxygens (including phenoxy) is 1. The Kier molecular flexibility index (Phi) is 4.49. The van der Waals surface area contributed by atoms with Crippen LogP contribution in [-0.4, -0.2) is 16.1 Å². The fourth-order valence-electron chi connectivity index (χ4n) is 1.34. The van der Waals surface area contributed by atoms with Crippen molar-refractivity contribution in [2.45, 2.75) is 6.10 Å². The van der Waals surface area contributed by atoms with Crippen molar-refractivity contribution in [1.82, 2.24) is 4.98 Å². The largest absolute Gasteiger partial charge is 0.423 e. The van der Waals surface area contributed by atoms with Crippen molar-refractivity contribution in [1.29, 1.82) is 0 Å². The molecule has 0 spiro atoms. The highest BCUT2D eigenvalue weighted by atomic mass is 35.5. The minimum Gasteiger partial charge on any atom is -0.423 e. The molecule has 0 aliphatic carbocycles. The maximum atomic E-state index is 13.2. The molecule has 1 heterocycles. The van der Waals surface area contributed by atoms with Gasteiger partial charge in [-0.3, -0.25) is 0 Å². The van der Waals surface area contributed by atoms with Gasteiger partial charge in [0.1, 0.15) is 22.7 Å². The van der Waals surface area contributed by atoms with Gasteiger partial charge in [0.15, 0.2) is 0 Å². The number of hydrogen-bond donors (Lipinski definition) is 1. The lowest BCUT2D eigenvalue weighted by molar-refractivity contribution is -0.131. The van der Waals surface area contributed by atoms with E-state index in [0.29, 0.717) is 5.01 Å². The van der Waals surface area contributed by atoms with Crippen molar-refractivity contribution in [3.05, 3.63) is 57.8 Å². The van der Waals surface area contributed by atoms with Crippen LogP contribution >= 0.6 is 22.9 Å². The molecule has 0 radical (unpaired) electrons. The van der Waals surface area contributed by atoms with E-state index in [-0.39, 0.29) is 16.3 Å². The third-order valence-corrected chi connectivity index (χ3v) is 3.51. The van der Waals surface area contributed by atoms with E-state index in [4.69, 9.17) is 16.3 Å². The van der Waals surface area contributed by atoms with E-state index >= 15 is 0 Å². The van der Waals surface area contributed by atoms with Crippen molar-refractivity contribution in [2.75, 3.05) is 0 Å². The molecule has 0 saturated carbocycles. The zero-order valence-electron chi connectivity index (χ0n) is 10.0. The number of carbonyl (C=O) groups is 1. The summed E-state index contributed by atoms with van der Waals surface area (Å²) in [6.07, 6.45) is 0.246. The average Bonchev–Trinajstić information content (AvgIpc) is 2.95. The molecule has 0 aliphatic rings. The summed E-state index contributed by atoms with van der Waals surface area (Å²) >= 11 is 6.70. The highest BCUT2D eigenvalue weighted by Gasteiger charge is 2.22. The lowest BCUT2D eigenvalue weighted by Crippen LogP contribution is -2.16. The number of halogens is 2. The van der Waals surface area contributed by atoms with Crippen LogP contribution in [0, 0.1) is 5.82 Å². The number of aliphatic hydroxyl groups excluding tert-OH is 1. The summed E-state index contributed by atoms with van der Waals surface area (Å²) in [7, 11) is 0. The highest BCUT2D eigenvalue weighted by Crippen LogP contribution is 2.25. The Hall–Kier alpha value is -1.76. The first-order valence-electron chi connectivity index (χ1n) is 5.42. The molecular formula is C13H9ClFNO3S. The fraction of sp³-hybridized carbons (Fsp3) is 0.0769. The van der Waals surface area contributed by atoms with Crippen LogP contribution in [0.3, 0.4) is 0 Å². The predicted molar refractivity (Wildman–Crippen MR) is 73.3 cm³/mol. The number of rotatable bonds is 4. The summed E-state index contributed by atoms with van der Waals surface area (Å²) in [5.74, 6) is -1.60. The van der Waals surface area contributed by atoms with Crippen molar-refractivity contribution in [3.8, 4) is 5.75 Å². The smallest absolute Gasteiger partial charge is 0.341 e. The minimum absolute atomic E-state index is 0.0237. The van der Waals surface area contributed by atoms with Crippen LogP contribution in [0.2, 0.25) is 5.02 Å². The Bertz CT molecular complexity index is 645. The Balaban J connectivity index is 2.08. The average molecular weight is 314 g/mol. The van der Waals surface area contributed by atoms with E-state index in [9.17, 15) is 14.3 Å². The number of aromatic nitrogens is 1. The first-order valence-corrected chi connectivity index (χ1v) is 6.68. The molecule has 0 aliphatic heterocycles. The third kappa shape index (κ3) is 3.22. The summed E-state index contributed by atoms with van der Waals surface area (Å²) in [6, 6.07) is 3.58. The molecule has 2 aromatic rings. The van der Waals surface area contributed by atoms with E-state index in [1.54, 1.807) is 5.38 Å². The zero-order chi connectivity index (χ0) is 14.7. The SMILES string of the molecule is C=C(C(=O)Oc1ccc(Cl)c(F)c1)C(O)c1nccs1. The van der Waals surface area contributed by atoms with Crippen LogP contribution in [-0.2, 0) is 4.79 Å². The third-order valence-electron chi connectivity index (χ3n) is 2.38. The van der Waals surface area contributed by atoms with Gasteiger partial charge in [-0.1, -0.05) is 18.2 Å². The van der Waals surface area contributed by atoms with Crippen molar-refractivity contribution < 1.29 is 19.0 Å². The van der Waals surface area contributed by atoms with Crippen LogP contribution in [0.25, 0.3) is 0 Å². The van der Waals surface area contributed by atoms with Crippen LogP contribution in [0.1, 0.15) is 11.1 Å². The summed E-state index contributed by atoms with van der Waals surface area (Å²) in [6.45, 7) is 3.47. The Morgan fingerprint density at radius 3 is 2.90 bits per heavy atom. The first-order chi connectivity index (χ1) is 9.49. The van der Waals surface area contributed by atoms with Crippen molar-refractivity contribution >= 4 is 28.9 Å². The highest BCUT2D eigenvalue weighted by molar-refractivity contribution is 7.09. The topological polar surface area (TPSA) is 59.4 Å². The minimum atomic E-state index is -1.25. The molecule has 1 atom stereocenters. The normalized spacial score (nSPS) is 11.9. The molecule has 0 saturated heterocycles. The van der Waals surface area contributed by atoms with Crippen LogP contribution in [0.5, 0.6) is 5.75 Å². The maximum Gasteiger partial charge on any atom is 0.341 e. The van der Waals surface area contributed by atoms with Crippen molar-refractivity contribution in [3.63, 3.8) is 0 Å². The number of nitrogens with zero attached hydrogens (tertiary/aromatic N) is 1. The van der Waals surface area contributed by atoms with Gasteiger partial charge in [-0.2, -0.15) is 0 Å². The zero-order valence-corrected chi connectivity index (χ0v) is 11.6. The molecule has 0 amide bonds. The molecule has 1 unspecified atom stereocenters. The summed E-state index contributed by atoms with van der Waals surface area (Å²) in [5.41, 5.74) is -0.185. The fourth-order valence-corrected chi connectivity index (χ4v) is 2.11. The Labute approximate surface area is 123 Å². The van der Waals surface area contributed by atoms with E-state index < -0.39 is 17.9 Å². The lowest BCUT2D eigenvalue weighted by Gasteiger charge is -2.10. The molecule has 0 fully saturated rings. The van der Waals surface area contributed by atoms with Gasteiger partial charge in [0.05, 0.1) is 10.6 Å². The maximum absolute atomic E-state index is 13.2. The van der Waals surface area contributed by atoms with Gasteiger partial charge in [-0.25, -0.2) is 14.2 Å². The Morgan fingerprint density at radius 1 is 1.55 bits per heavy atom. The second-order valence-corrected chi connectivity index (χ2v) is 5.10. The standard InChI is InChI=1S/C13H9ClFNO3S/c1-7(11(17)12-16-4-5-20-12)13(18)19-8-2-3-9(14)10(15)6-8/h2-6,11,17H,1H2. The van der Waals surface area contributed by atoms with Gasteiger partial charge in [0, 0.05) is 17.6 Å². The van der Waals surface area contributed by atoms with Crippen LogP contribution in [0.15, 0.2) is 41.9 Å².